The first-order valence-electron chi connectivity index (χ1n) is 5.35. The number of aryl methyl sites for hydroxylation is 1. The van der Waals surface area contributed by atoms with Crippen LogP contribution in [0.15, 0.2) is 35.6 Å². The van der Waals surface area contributed by atoms with Crippen molar-refractivity contribution < 1.29 is 9.18 Å². The van der Waals surface area contributed by atoms with Gasteiger partial charge in [-0.05, 0) is 18.2 Å². The first-order valence-corrected chi connectivity index (χ1v) is 5.73. The summed E-state index contributed by atoms with van der Waals surface area (Å²) in [6, 6.07) is 5.83. The molecule has 0 saturated heterocycles. The highest BCUT2D eigenvalue weighted by Crippen LogP contribution is 2.16. The van der Waals surface area contributed by atoms with Crippen LogP contribution >= 0.6 is 11.6 Å². The Hall–Kier alpha value is -2.21. The van der Waals surface area contributed by atoms with E-state index in [1.54, 1.807) is 13.1 Å². The minimum atomic E-state index is -0.508. The molecule has 1 N–H and O–H groups in total. The van der Waals surface area contributed by atoms with E-state index >= 15 is 0 Å². The van der Waals surface area contributed by atoms with Gasteiger partial charge in [0.25, 0.3) is 5.91 Å². The number of carbonyl (C=O) groups excluding carboxylic acids is 1. The molecule has 1 heterocycles. The van der Waals surface area contributed by atoms with Crippen molar-refractivity contribution >= 4 is 23.7 Å². The van der Waals surface area contributed by atoms with E-state index in [4.69, 9.17) is 11.6 Å². The zero-order valence-electron chi connectivity index (χ0n) is 9.97. The Balaban J connectivity index is 2.09. The Labute approximate surface area is 113 Å². The zero-order chi connectivity index (χ0) is 13.8. The van der Waals surface area contributed by atoms with Crippen molar-refractivity contribution in [2.24, 2.45) is 12.1 Å². The van der Waals surface area contributed by atoms with Crippen molar-refractivity contribution in [2.75, 3.05) is 0 Å². The van der Waals surface area contributed by atoms with Crippen molar-refractivity contribution in [3.8, 4) is 0 Å². The Morgan fingerprint density at radius 3 is 2.95 bits per heavy atom. The number of aromatic nitrogens is 2. The van der Waals surface area contributed by atoms with Crippen molar-refractivity contribution in [3.05, 3.63) is 52.6 Å². The van der Waals surface area contributed by atoms with Crippen LogP contribution in [0, 0.1) is 5.82 Å². The molecule has 0 unspecified atom stereocenters. The van der Waals surface area contributed by atoms with Gasteiger partial charge in [0.1, 0.15) is 11.5 Å². The van der Waals surface area contributed by atoms with Gasteiger partial charge < -0.3 is 0 Å². The molecule has 7 heteroatoms. The Morgan fingerprint density at radius 2 is 2.32 bits per heavy atom. The first kappa shape index (κ1) is 13.2. The highest BCUT2D eigenvalue weighted by atomic mass is 35.5. The number of hydrogen-bond acceptors (Lipinski definition) is 3. The topological polar surface area (TPSA) is 59.3 Å². The SMILES string of the molecule is Cn1nccc1C(=O)NN=Cc1c(F)cccc1Cl. The fraction of sp³-hybridized carbons (Fsp3) is 0.0833. The molecule has 5 nitrogen and oxygen atoms in total. The molecule has 0 aliphatic carbocycles. The summed E-state index contributed by atoms with van der Waals surface area (Å²) in [6.07, 6.45) is 2.65. The van der Waals surface area contributed by atoms with Gasteiger partial charge in [-0.1, -0.05) is 17.7 Å². The molecule has 0 radical (unpaired) electrons. The maximum atomic E-state index is 13.4. The second-order valence-electron chi connectivity index (χ2n) is 3.67. The van der Waals surface area contributed by atoms with Crippen molar-refractivity contribution in [1.82, 2.24) is 15.2 Å². The van der Waals surface area contributed by atoms with Crippen LogP contribution in [0.1, 0.15) is 16.1 Å². The molecule has 0 bridgehead atoms. The maximum absolute atomic E-state index is 13.4. The lowest BCUT2D eigenvalue weighted by atomic mass is 10.2. The number of hydrogen-bond donors (Lipinski definition) is 1. The van der Waals surface area contributed by atoms with E-state index in [9.17, 15) is 9.18 Å². The van der Waals surface area contributed by atoms with E-state index < -0.39 is 11.7 Å². The third-order valence-corrected chi connectivity index (χ3v) is 2.74. The number of nitrogens with one attached hydrogen (secondary N) is 1. The first-order chi connectivity index (χ1) is 9.09. The Bertz CT molecular complexity index is 618. The molecule has 98 valence electrons. The van der Waals surface area contributed by atoms with E-state index in [2.05, 4.69) is 15.6 Å². The van der Waals surface area contributed by atoms with Crippen LogP contribution in [0.5, 0.6) is 0 Å². The fourth-order valence-electron chi connectivity index (χ4n) is 1.44. The van der Waals surface area contributed by atoms with Gasteiger partial charge in [0.05, 0.1) is 11.2 Å². The number of benzene rings is 1. The third kappa shape index (κ3) is 2.97. The molecule has 1 amide bonds. The number of rotatable bonds is 3. The van der Waals surface area contributed by atoms with Crippen molar-refractivity contribution in [3.63, 3.8) is 0 Å². The molecule has 1 aromatic carbocycles. The van der Waals surface area contributed by atoms with Crippen LogP contribution < -0.4 is 5.43 Å². The summed E-state index contributed by atoms with van der Waals surface area (Å²) >= 11 is 5.81. The van der Waals surface area contributed by atoms with E-state index in [0.29, 0.717) is 5.69 Å². The zero-order valence-corrected chi connectivity index (χ0v) is 10.7. The molecule has 2 aromatic rings. The van der Waals surface area contributed by atoms with E-state index in [1.807, 2.05) is 0 Å². The van der Waals surface area contributed by atoms with Crippen LogP contribution in [-0.2, 0) is 7.05 Å². The normalized spacial score (nSPS) is 10.9. The molecule has 0 aliphatic rings. The summed E-state index contributed by atoms with van der Waals surface area (Å²) in [6.45, 7) is 0. The Morgan fingerprint density at radius 1 is 1.53 bits per heavy atom. The van der Waals surface area contributed by atoms with Gasteiger partial charge in [-0.2, -0.15) is 10.2 Å². The average Bonchev–Trinajstić information content (AvgIpc) is 2.79. The quantitative estimate of drug-likeness (QED) is 0.690. The third-order valence-electron chi connectivity index (χ3n) is 2.41. The lowest BCUT2D eigenvalue weighted by Gasteiger charge is -2.01. The number of nitrogens with zero attached hydrogens (tertiary/aromatic N) is 3. The summed E-state index contributed by atoms with van der Waals surface area (Å²) in [5.41, 5.74) is 2.74. The lowest BCUT2D eigenvalue weighted by Crippen LogP contribution is -2.20. The number of carbonyl (C=O) groups is 1. The standard InChI is InChI=1S/C12H10ClFN4O/c1-18-11(5-6-16-18)12(19)17-15-7-8-9(13)3-2-4-10(8)14/h2-7H,1H3,(H,17,19). The predicted molar refractivity (Wildman–Crippen MR) is 69.7 cm³/mol. The average molecular weight is 281 g/mol. The number of halogens is 2. The predicted octanol–water partition coefficient (Wildman–Crippen LogP) is 1.98. The van der Waals surface area contributed by atoms with Gasteiger partial charge in [-0.25, -0.2) is 9.82 Å². The van der Waals surface area contributed by atoms with Gasteiger partial charge in [0.15, 0.2) is 0 Å². The van der Waals surface area contributed by atoms with Gasteiger partial charge in [-0.15, -0.1) is 0 Å². The van der Waals surface area contributed by atoms with Crippen LogP contribution in [0.4, 0.5) is 4.39 Å². The highest BCUT2D eigenvalue weighted by molar-refractivity contribution is 6.33. The molecule has 19 heavy (non-hydrogen) atoms. The van der Waals surface area contributed by atoms with Crippen LogP contribution in [0.3, 0.4) is 0 Å². The van der Waals surface area contributed by atoms with Gasteiger partial charge >= 0.3 is 0 Å². The highest BCUT2D eigenvalue weighted by Gasteiger charge is 2.08. The minimum absolute atomic E-state index is 0.120. The van der Waals surface area contributed by atoms with E-state index in [-0.39, 0.29) is 10.6 Å². The molecular weight excluding hydrogens is 271 g/mol. The molecule has 1 aromatic heterocycles. The Kier molecular flexibility index (Phi) is 3.91. The molecule has 0 atom stereocenters. The van der Waals surface area contributed by atoms with Gasteiger partial charge in [0.2, 0.25) is 0 Å². The van der Waals surface area contributed by atoms with Crippen molar-refractivity contribution in [2.45, 2.75) is 0 Å². The van der Waals surface area contributed by atoms with Crippen LogP contribution in [0.25, 0.3) is 0 Å². The largest absolute Gasteiger partial charge is 0.289 e. The molecule has 0 spiro atoms. The van der Waals surface area contributed by atoms with Gasteiger partial charge in [-0.3, -0.25) is 9.48 Å². The van der Waals surface area contributed by atoms with E-state index in [1.165, 1.54) is 29.1 Å². The molecular formula is C12H10ClFN4O. The molecule has 0 fully saturated rings. The lowest BCUT2D eigenvalue weighted by molar-refractivity contribution is 0.0945. The fourth-order valence-corrected chi connectivity index (χ4v) is 1.66. The van der Waals surface area contributed by atoms with Crippen molar-refractivity contribution in [1.29, 1.82) is 0 Å². The minimum Gasteiger partial charge on any atom is -0.266 e. The molecule has 0 saturated carbocycles. The van der Waals surface area contributed by atoms with Gasteiger partial charge in [0, 0.05) is 18.8 Å². The summed E-state index contributed by atoms with van der Waals surface area (Å²) in [7, 11) is 1.63. The van der Waals surface area contributed by atoms with Crippen LogP contribution in [0.2, 0.25) is 5.02 Å². The summed E-state index contributed by atoms with van der Waals surface area (Å²) < 4.78 is 14.8. The number of hydrazone groups is 1. The smallest absolute Gasteiger partial charge is 0.266 e. The maximum Gasteiger partial charge on any atom is 0.289 e. The summed E-state index contributed by atoms with van der Waals surface area (Å²) in [5, 5.41) is 7.75. The monoisotopic (exact) mass is 280 g/mol. The molecule has 0 aliphatic heterocycles. The summed E-state index contributed by atoms with van der Waals surface area (Å²) in [5.74, 6) is -0.949. The second kappa shape index (κ2) is 5.62. The summed E-state index contributed by atoms with van der Waals surface area (Å²) in [4.78, 5) is 11.7. The molecule has 2 rings (SSSR count). The van der Waals surface area contributed by atoms with Crippen LogP contribution in [-0.4, -0.2) is 21.9 Å². The number of amides is 1. The van der Waals surface area contributed by atoms with E-state index in [0.717, 1.165) is 6.21 Å². The second-order valence-corrected chi connectivity index (χ2v) is 4.08.